The molecule has 0 aliphatic rings. The van der Waals surface area contributed by atoms with Crippen LogP contribution in [0, 0.1) is 0 Å². The lowest BCUT2D eigenvalue weighted by Crippen LogP contribution is -2.13. The van der Waals surface area contributed by atoms with Gasteiger partial charge in [-0.3, -0.25) is 9.78 Å². The topological polar surface area (TPSA) is 110 Å². The van der Waals surface area contributed by atoms with Crippen LogP contribution in [0.15, 0.2) is 85.3 Å². The first-order valence-electron chi connectivity index (χ1n) is 10.1. The number of carbonyl (C=O) groups excluding carboxylic acids is 2. The molecule has 7 nitrogen and oxygen atoms in total. The fourth-order valence-corrected chi connectivity index (χ4v) is 3.30. The summed E-state index contributed by atoms with van der Waals surface area (Å²) in [4.78, 5) is 32.2. The zero-order valence-corrected chi connectivity index (χ0v) is 17.4. The van der Waals surface area contributed by atoms with Crippen LogP contribution in [0.2, 0.25) is 0 Å². The predicted octanol–water partition coefficient (Wildman–Crippen LogP) is 4.57. The van der Waals surface area contributed by atoms with E-state index in [-0.39, 0.29) is 11.9 Å². The van der Waals surface area contributed by atoms with Crippen molar-refractivity contribution < 1.29 is 14.3 Å². The number of carbonyl (C=O) groups is 2. The lowest BCUT2D eigenvalue weighted by atomic mass is 9.95. The number of nitrogens with zero attached hydrogens (tertiary/aromatic N) is 1. The molecule has 0 saturated heterocycles. The van der Waals surface area contributed by atoms with Gasteiger partial charge in [0, 0.05) is 41.4 Å². The standard InChI is InChI=1S/C25H22N4O3/c1-16(26)21-8-7-17(24(30)29-19-9-11-27-12-10-19)13-22(21)18-14-23(28-15-18)25(31)32-20-5-3-2-4-6-20/h2-16,28H,26H2,1H3,(H,27,29,30). The third kappa shape index (κ3) is 4.74. The Kier molecular flexibility index (Phi) is 6.10. The van der Waals surface area contributed by atoms with E-state index >= 15 is 0 Å². The number of nitrogens with two attached hydrogens (primary N) is 1. The molecule has 2 aromatic carbocycles. The van der Waals surface area contributed by atoms with Crippen molar-refractivity contribution in [1.82, 2.24) is 9.97 Å². The van der Waals surface area contributed by atoms with Gasteiger partial charge in [-0.2, -0.15) is 0 Å². The normalized spacial score (nSPS) is 11.6. The summed E-state index contributed by atoms with van der Waals surface area (Å²) in [6.07, 6.45) is 4.92. The van der Waals surface area contributed by atoms with Gasteiger partial charge in [0.1, 0.15) is 11.4 Å². The van der Waals surface area contributed by atoms with Crippen molar-refractivity contribution >= 4 is 17.6 Å². The van der Waals surface area contributed by atoms with Gasteiger partial charge in [-0.25, -0.2) is 4.79 Å². The summed E-state index contributed by atoms with van der Waals surface area (Å²) >= 11 is 0. The number of benzene rings is 2. The minimum absolute atomic E-state index is 0.257. The summed E-state index contributed by atoms with van der Waals surface area (Å²) in [6, 6.07) is 19.0. The minimum atomic E-state index is -0.503. The lowest BCUT2D eigenvalue weighted by Gasteiger charge is -2.14. The van der Waals surface area contributed by atoms with Gasteiger partial charge in [-0.05, 0) is 60.5 Å². The summed E-state index contributed by atoms with van der Waals surface area (Å²) < 4.78 is 5.39. The van der Waals surface area contributed by atoms with Gasteiger partial charge >= 0.3 is 5.97 Å². The molecule has 4 rings (SSSR count). The monoisotopic (exact) mass is 426 g/mol. The van der Waals surface area contributed by atoms with Crippen LogP contribution >= 0.6 is 0 Å². The number of pyridine rings is 1. The van der Waals surface area contributed by atoms with E-state index < -0.39 is 5.97 Å². The van der Waals surface area contributed by atoms with Gasteiger partial charge in [0.2, 0.25) is 0 Å². The minimum Gasteiger partial charge on any atom is -0.422 e. The Hall–Kier alpha value is -4.23. The number of rotatable bonds is 6. The zero-order valence-electron chi connectivity index (χ0n) is 17.4. The van der Waals surface area contributed by atoms with Gasteiger partial charge in [-0.1, -0.05) is 24.3 Å². The Morgan fingerprint density at radius 3 is 2.50 bits per heavy atom. The number of amides is 1. The Morgan fingerprint density at radius 2 is 1.78 bits per heavy atom. The summed E-state index contributed by atoms with van der Waals surface area (Å²) in [5, 5.41) is 2.84. The third-order valence-electron chi connectivity index (χ3n) is 4.91. The van der Waals surface area contributed by atoms with E-state index in [0.29, 0.717) is 22.7 Å². The Labute approximate surface area is 185 Å². The number of anilines is 1. The van der Waals surface area contributed by atoms with Crippen molar-refractivity contribution in [3.63, 3.8) is 0 Å². The molecule has 1 amide bonds. The molecule has 2 heterocycles. The molecule has 0 saturated carbocycles. The highest BCUT2D eigenvalue weighted by Crippen LogP contribution is 2.30. The van der Waals surface area contributed by atoms with Crippen LogP contribution in [-0.4, -0.2) is 21.8 Å². The second-order valence-corrected chi connectivity index (χ2v) is 7.29. The molecule has 0 bridgehead atoms. The molecule has 0 aliphatic heterocycles. The van der Waals surface area contributed by atoms with Crippen LogP contribution in [0.1, 0.15) is 39.4 Å². The average molecular weight is 426 g/mol. The van der Waals surface area contributed by atoms with Crippen LogP contribution in [0.25, 0.3) is 11.1 Å². The van der Waals surface area contributed by atoms with E-state index in [9.17, 15) is 9.59 Å². The molecule has 4 N–H and O–H groups in total. The first kappa shape index (κ1) is 21.0. The number of esters is 1. The number of hydrogen-bond acceptors (Lipinski definition) is 5. The molecule has 2 aromatic heterocycles. The number of para-hydroxylation sites is 1. The van der Waals surface area contributed by atoms with Gasteiger partial charge < -0.3 is 20.8 Å². The maximum Gasteiger partial charge on any atom is 0.360 e. The van der Waals surface area contributed by atoms with Crippen LogP contribution in [-0.2, 0) is 0 Å². The number of H-pyrrole nitrogens is 1. The second-order valence-electron chi connectivity index (χ2n) is 7.29. The van der Waals surface area contributed by atoms with Crippen LogP contribution in [0.3, 0.4) is 0 Å². The second kappa shape index (κ2) is 9.28. The predicted molar refractivity (Wildman–Crippen MR) is 122 cm³/mol. The van der Waals surface area contributed by atoms with Gasteiger partial charge in [0.15, 0.2) is 0 Å². The lowest BCUT2D eigenvalue weighted by molar-refractivity contribution is 0.0729. The number of hydrogen-bond donors (Lipinski definition) is 3. The molecule has 0 aliphatic carbocycles. The quantitative estimate of drug-likeness (QED) is 0.309. The average Bonchev–Trinajstić information content (AvgIpc) is 3.30. The van der Waals surface area contributed by atoms with E-state index in [1.807, 2.05) is 19.1 Å². The Bertz CT molecular complexity index is 1230. The first-order chi connectivity index (χ1) is 15.5. The fourth-order valence-electron chi connectivity index (χ4n) is 3.30. The Balaban J connectivity index is 1.61. The van der Waals surface area contributed by atoms with Gasteiger partial charge in [0.05, 0.1) is 0 Å². The van der Waals surface area contributed by atoms with E-state index in [2.05, 4.69) is 15.3 Å². The highest BCUT2D eigenvalue weighted by Gasteiger charge is 2.17. The van der Waals surface area contributed by atoms with Crippen molar-refractivity contribution in [2.75, 3.05) is 5.32 Å². The summed E-state index contributed by atoms with van der Waals surface area (Å²) in [6.45, 7) is 1.87. The van der Waals surface area contributed by atoms with E-state index in [1.165, 1.54) is 0 Å². The van der Waals surface area contributed by atoms with Gasteiger partial charge in [-0.15, -0.1) is 0 Å². The molecule has 32 heavy (non-hydrogen) atoms. The number of ether oxygens (including phenoxy) is 1. The van der Waals surface area contributed by atoms with Crippen LogP contribution in [0.5, 0.6) is 5.75 Å². The van der Waals surface area contributed by atoms with Crippen molar-refractivity contribution in [2.24, 2.45) is 5.73 Å². The molecule has 0 radical (unpaired) electrons. The molecule has 1 atom stereocenters. The van der Waals surface area contributed by atoms with Crippen molar-refractivity contribution in [3.05, 3.63) is 102 Å². The smallest absolute Gasteiger partial charge is 0.360 e. The SMILES string of the molecule is CC(N)c1ccc(C(=O)Nc2ccncc2)cc1-c1c[nH]c(C(=O)Oc2ccccc2)c1. The van der Waals surface area contributed by atoms with E-state index in [1.54, 1.807) is 73.2 Å². The van der Waals surface area contributed by atoms with E-state index in [4.69, 9.17) is 10.5 Å². The molecule has 0 spiro atoms. The fraction of sp³-hybridized carbons (Fsp3) is 0.0800. The maximum absolute atomic E-state index is 12.8. The van der Waals surface area contributed by atoms with Crippen molar-refractivity contribution in [1.29, 1.82) is 0 Å². The largest absolute Gasteiger partial charge is 0.422 e. The number of aromatic nitrogens is 2. The summed E-state index contributed by atoms with van der Waals surface area (Å²) in [5.74, 6) is -0.302. The molecule has 4 aromatic rings. The van der Waals surface area contributed by atoms with Gasteiger partial charge in [0.25, 0.3) is 5.91 Å². The number of nitrogens with one attached hydrogen (secondary N) is 2. The molecule has 7 heteroatoms. The number of aromatic amines is 1. The maximum atomic E-state index is 12.8. The molecular formula is C25H22N4O3. The Morgan fingerprint density at radius 1 is 1.03 bits per heavy atom. The summed E-state index contributed by atoms with van der Waals surface area (Å²) in [7, 11) is 0. The summed E-state index contributed by atoms with van der Waals surface area (Å²) in [5.41, 5.74) is 9.92. The third-order valence-corrected chi connectivity index (χ3v) is 4.91. The van der Waals surface area contributed by atoms with Crippen molar-refractivity contribution in [3.8, 4) is 16.9 Å². The van der Waals surface area contributed by atoms with Crippen molar-refractivity contribution in [2.45, 2.75) is 13.0 Å². The highest BCUT2D eigenvalue weighted by atomic mass is 16.5. The first-order valence-corrected chi connectivity index (χ1v) is 10.1. The zero-order chi connectivity index (χ0) is 22.5. The molecule has 1 unspecified atom stereocenters. The highest BCUT2D eigenvalue weighted by molar-refractivity contribution is 6.05. The molecule has 0 fully saturated rings. The van der Waals surface area contributed by atoms with E-state index in [0.717, 1.165) is 16.7 Å². The molecular weight excluding hydrogens is 404 g/mol. The van der Waals surface area contributed by atoms with Crippen LogP contribution < -0.4 is 15.8 Å². The molecule has 160 valence electrons. The van der Waals surface area contributed by atoms with Crippen LogP contribution in [0.4, 0.5) is 5.69 Å².